The van der Waals surface area contributed by atoms with Crippen LogP contribution in [0.5, 0.6) is 0 Å². The van der Waals surface area contributed by atoms with Crippen LogP contribution < -0.4 is 26.8 Å². The molecule has 3 aromatic rings. The Kier molecular flexibility index (Phi) is 4.93. The lowest BCUT2D eigenvalue weighted by molar-refractivity contribution is 0.152. The summed E-state index contributed by atoms with van der Waals surface area (Å²) in [5.74, 6) is 0.568. The van der Waals surface area contributed by atoms with Crippen molar-refractivity contribution < 1.29 is 9.52 Å². The van der Waals surface area contributed by atoms with Crippen molar-refractivity contribution >= 4 is 40.3 Å². The fourth-order valence-corrected chi connectivity index (χ4v) is 3.77. The summed E-state index contributed by atoms with van der Waals surface area (Å²) in [5, 5.41) is 19.9. The fraction of sp³-hybridized carbons (Fsp3) is 0.263. The minimum Gasteiger partial charge on any atom is -0.448 e. The Labute approximate surface area is 170 Å². The summed E-state index contributed by atoms with van der Waals surface area (Å²) < 4.78 is 5.42. The molecule has 2 heterocycles. The molecule has 0 saturated carbocycles. The minimum absolute atomic E-state index is 0.143. The van der Waals surface area contributed by atoms with E-state index in [0.717, 1.165) is 5.56 Å². The van der Waals surface area contributed by atoms with E-state index < -0.39 is 17.1 Å². The predicted octanol–water partition coefficient (Wildman–Crippen LogP) is 3.58. The molecule has 146 valence electrons. The van der Waals surface area contributed by atoms with Gasteiger partial charge in [-0.05, 0) is 47.9 Å². The molecule has 0 radical (unpaired) electrons. The summed E-state index contributed by atoms with van der Waals surface area (Å²) in [4.78, 5) is 24.3. The first kappa shape index (κ1) is 19.0. The molecular weight excluding hydrogens is 405 g/mol. The van der Waals surface area contributed by atoms with Crippen molar-refractivity contribution in [3.63, 3.8) is 0 Å². The number of fused-ring (bicyclic) bond motifs is 1. The molecule has 1 aromatic heterocycles. The van der Waals surface area contributed by atoms with Crippen LogP contribution in [0.4, 0.5) is 17.1 Å². The van der Waals surface area contributed by atoms with E-state index in [1.165, 1.54) is 0 Å². The number of hydrogen-bond acceptors (Lipinski definition) is 7. The van der Waals surface area contributed by atoms with Gasteiger partial charge in [-0.2, -0.15) is 0 Å². The maximum absolute atomic E-state index is 12.2. The minimum atomic E-state index is -0.909. The van der Waals surface area contributed by atoms with Gasteiger partial charge in [0.1, 0.15) is 23.4 Å². The van der Waals surface area contributed by atoms with E-state index in [2.05, 4.69) is 16.0 Å². The highest BCUT2D eigenvalue weighted by molar-refractivity contribution is 6.31. The Balaban J connectivity index is 1.65. The number of anilines is 3. The molecule has 2 aromatic carbocycles. The number of aliphatic hydroxyl groups is 1. The van der Waals surface area contributed by atoms with E-state index in [1.807, 2.05) is 6.92 Å². The lowest BCUT2D eigenvalue weighted by Crippen LogP contribution is -2.37. The van der Waals surface area contributed by atoms with Crippen molar-refractivity contribution in [2.24, 2.45) is 0 Å². The molecule has 0 amide bonds. The zero-order valence-electron chi connectivity index (χ0n) is 14.8. The zero-order valence-corrected chi connectivity index (χ0v) is 16.3. The molecule has 1 unspecified atom stereocenters. The van der Waals surface area contributed by atoms with Crippen molar-refractivity contribution in [1.82, 2.24) is 5.32 Å². The van der Waals surface area contributed by atoms with E-state index in [0.29, 0.717) is 35.0 Å². The SMILES string of the molecule is CC[C@@H](Nc1c(Nc2ccc(Cl)c3c2C(O)NC3)c(=O)c1=O)c1ccc(Cl)o1. The van der Waals surface area contributed by atoms with Gasteiger partial charge in [0, 0.05) is 22.8 Å². The molecule has 0 bridgehead atoms. The van der Waals surface area contributed by atoms with Gasteiger partial charge < -0.3 is 20.2 Å². The maximum atomic E-state index is 12.2. The van der Waals surface area contributed by atoms with Crippen molar-refractivity contribution in [2.75, 3.05) is 10.6 Å². The molecule has 0 aliphatic carbocycles. The van der Waals surface area contributed by atoms with Crippen LogP contribution in [0, 0.1) is 0 Å². The molecule has 1 aliphatic heterocycles. The summed E-state index contributed by atoms with van der Waals surface area (Å²) in [6, 6.07) is 6.37. The van der Waals surface area contributed by atoms with Gasteiger partial charge in [-0.3, -0.25) is 14.9 Å². The second-order valence-corrected chi connectivity index (χ2v) is 7.33. The number of aliphatic hydroxyl groups excluding tert-OH is 1. The van der Waals surface area contributed by atoms with Gasteiger partial charge in [0.05, 0.1) is 6.04 Å². The Hall–Kier alpha value is -2.32. The van der Waals surface area contributed by atoms with Crippen molar-refractivity contribution in [2.45, 2.75) is 32.2 Å². The van der Waals surface area contributed by atoms with Crippen LogP contribution in [0.15, 0.2) is 38.3 Å². The molecule has 4 N–H and O–H groups in total. The monoisotopic (exact) mass is 421 g/mol. The Morgan fingerprint density at radius 2 is 1.96 bits per heavy atom. The number of nitrogens with one attached hydrogen (secondary N) is 3. The highest BCUT2D eigenvalue weighted by Crippen LogP contribution is 2.37. The van der Waals surface area contributed by atoms with Crippen molar-refractivity contribution in [3.05, 3.63) is 71.8 Å². The zero-order chi connectivity index (χ0) is 20.0. The Morgan fingerprint density at radius 3 is 2.64 bits per heavy atom. The van der Waals surface area contributed by atoms with Crippen LogP contribution in [0.2, 0.25) is 10.2 Å². The van der Waals surface area contributed by atoms with E-state index in [4.69, 9.17) is 27.6 Å². The van der Waals surface area contributed by atoms with Crippen molar-refractivity contribution in [3.8, 4) is 0 Å². The number of rotatable bonds is 6. The van der Waals surface area contributed by atoms with Gasteiger partial charge in [0.2, 0.25) is 0 Å². The molecule has 0 saturated heterocycles. The summed E-state index contributed by atoms with van der Waals surface area (Å²) >= 11 is 12.0. The third kappa shape index (κ3) is 3.10. The average molecular weight is 422 g/mol. The fourth-order valence-electron chi connectivity index (χ4n) is 3.39. The summed E-state index contributed by atoms with van der Waals surface area (Å²) in [6.07, 6.45) is -0.297. The van der Waals surface area contributed by atoms with Crippen LogP contribution in [0.1, 0.15) is 42.5 Å². The van der Waals surface area contributed by atoms with E-state index in [-0.39, 0.29) is 22.6 Å². The molecule has 4 rings (SSSR count). The largest absolute Gasteiger partial charge is 0.448 e. The smallest absolute Gasteiger partial charge is 0.253 e. The number of furan rings is 1. The second kappa shape index (κ2) is 7.25. The highest BCUT2D eigenvalue weighted by Gasteiger charge is 2.29. The Bertz CT molecular complexity index is 1120. The normalized spacial score (nSPS) is 16.9. The summed E-state index contributed by atoms with van der Waals surface area (Å²) in [7, 11) is 0. The first-order valence-corrected chi connectivity index (χ1v) is 9.51. The third-order valence-corrected chi connectivity index (χ3v) is 5.44. The number of hydrogen-bond donors (Lipinski definition) is 4. The first-order chi connectivity index (χ1) is 13.4. The van der Waals surface area contributed by atoms with E-state index in [1.54, 1.807) is 24.3 Å². The molecule has 7 nitrogen and oxygen atoms in total. The van der Waals surface area contributed by atoms with Gasteiger partial charge in [-0.1, -0.05) is 18.5 Å². The summed E-state index contributed by atoms with van der Waals surface area (Å²) in [5.41, 5.74) is 0.918. The molecule has 1 aliphatic rings. The second-order valence-electron chi connectivity index (χ2n) is 6.55. The van der Waals surface area contributed by atoms with Crippen LogP contribution in [0.3, 0.4) is 0 Å². The van der Waals surface area contributed by atoms with E-state index >= 15 is 0 Å². The third-order valence-electron chi connectivity index (χ3n) is 4.88. The van der Waals surface area contributed by atoms with E-state index in [9.17, 15) is 14.7 Å². The summed E-state index contributed by atoms with van der Waals surface area (Å²) in [6.45, 7) is 2.33. The molecule has 28 heavy (non-hydrogen) atoms. The van der Waals surface area contributed by atoms with Crippen LogP contribution in [-0.4, -0.2) is 5.11 Å². The Morgan fingerprint density at radius 1 is 1.21 bits per heavy atom. The lowest BCUT2D eigenvalue weighted by Gasteiger charge is -2.21. The van der Waals surface area contributed by atoms with Gasteiger partial charge in [0.15, 0.2) is 5.22 Å². The van der Waals surface area contributed by atoms with Crippen LogP contribution >= 0.6 is 23.2 Å². The maximum Gasteiger partial charge on any atom is 0.253 e. The average Bonchev–Trinajstić information content (AvgIpc) is 3.29. The van der Waals surface area contributed by atoms with Crippen molar-refractivity contribution in [1.29, 1.82) is 0 Å². The lowest BCUT2D eigenvalue weighted by atomic mass is 10.1. The van der Waals surface area contributed by atoms with Gasteiger partial charge in [-0.25, -0.2) is 0 Å². The molecular formula is C19H17Cl2N3O4. The quantitative estimate of drug-likeness (QED) is 0.450. The first-order valence-electron chi connectivity index (χ1n) is 8.75. The van der Waals surface area contributed by atoms with Crippen LogP contribution in [-0.2, 0) is 6.54 Å². The van der Waals surface area contributed by atoms with Gasteiger partial charge in [-0.15, -0.1) is 0 Å². The van der Waals surface area contributed by atoms with Gasteiger partial charge in [0.25, 0.3) is 10.9 Å². The van der Waals surface area contributed by atoms with Crippen LogP contribution in [0.25, 0.3) is 0 Å². The predicted molar refractivity (Wildman–Crippen MR) is 108 cm³/mol. The standard InChI is InChI=1S/C19H17Cl2N3O4/c1-2-10(12-5-6-13(21)28-12)23-15-16(18(26)17(15)25)24-11-4-3-9(20)8-7-22-19(27)14(8)11/h3-6,10,19,22-24,27H,2,7H2,1H3/t10-,19?/m1/s1. The molecule has 0 spiro atoms. The molecule has 2 atom stereocenters. The number of benzene rings is 1. The van der Waals surface area contributed by atoms with Gasteiger partial charge >= 0.3 is 0 Å². The number of halogens is 2. The molecule has 9 heteroatoms. The highest BCUT2D eigenvalue weighted by atomic mass is 35.5. The molecule has 0 fully saturated rings. The topological polar surface area (TPSA) is 104 Å².